The van der Waals surface area contributed by atoms with Gasteiger partial charge in [0.2, 0.25) is 0 Å². The van der Waals surface area contributed by atoms with Crippen LogP contribution in [0.5, 0.6) is 0 Å². The third-order valence-corrected chi connectivity index (χ3v) is 4.33. The summed E-state index contributed by atoms with van der Waals surface area (Å²) in [6.45, 7) is -0.198. The van der Waals surface area contributed by atoms with Gasteiger partial charge in [-0.15, -0.1) is 0 Å². The zero-order valence-corrected chi connectivity index (χ0v) is 11.7. The van der Waals surface area contributed by atoms with Gasteiger partial charge in [0, 0.05) is 15.8 Å². The number of nitrogens with zero attached hydrogens (tertiary/aromatic N) is 3. The fraction of sp³-hybridized carbons (Fsp3) is 0.455. The lowest BCUT2D eigenvalue weighted by molar-refractivity contribution is -0.101. The second kappa shape index (κ2) is 4.04. The Hall–Kier alpha value is -0.930. The van der Waals surface area contributed by atoms with Crippen LogP contribution in [0.25, 0.3) is 11.0 Å². The van der Waals surface area contributed by atoms with Crippen molar-refractivity contribution in [1.82, 2.24) is 14.5 Å². The number of hydrogen-bond donors (Lipinski definition) is 3. The molecule has 6 nitrogen and oxygen atoms in total. The van der Waals surface area contributed by atoms with Gasteiger partial charge in [0.05, 0.1) is 17.6 Å². The van der Waals surface area contributed by atoms with Crippen molar-refractivity contribution in [2.75, 3.05) is 12.3 Å². The average molecular weight is 360 g/mol. The molecule has 0 radical (unpaired) electrons. The molecule has 96 valence electrons. The Labute approximate surface area is 117 Å². The van der Waals surface area contributed by atoms with E-state index in [0.717, 1.165) is 14.6 Å². The molecule has 0 aromatic carbocycles. The fourth-order valence-electron chi connectivity index (χ4n) is 2.48. The number of nitrogens with two attached hydrogens (primary N) is 1. The highest BCUT2D eigenvalue weighted by atomic mass is 127. The summed E-state index contributed by atoms with van der Waals surface area (Å²) < 4.78 is 3.01. The average Bonchev–Trinajstić information content (AvgIpc) is 2.64. The first-order valence-electron chi connectivity index (χ1n) is 5.64. The summed E-state index contributed by atoms with van der Waals surface area (Å²) in [6, 6.07) is 0.155. The van der Waals surface area contributed by atoms with Crippen LogP contribution >= 0.6 is 22.6 Å². The van der Waals surface area contributed by atoms with E-state index in [4.69, 9.17) is 10.8 Å². The second-order valence-electron chi connectivity index (χ2n) is 4.79. The maximum atomic E-state index is 9.86. The largest absolute Gasteiger partial charge is 0.393 e. The van der Waals surface area contributed by atoms with Crippen molar-refractivity contribution in [2.45, 2.75) is 24.5 Å². The molecule has 0 unspecified atom stereocenters. The fourth-order valence-corrected chi connectivity index (χ4v) is 3.30. The summed E-state index contributed by atoms with van der Waals surface area (Å²) in [5.74, 6) is 0.472. The number of rotatable bonds is 2. The molecule has 0 amide bonds. The first-order valence-corrected chi connectivity index (χ1v) is 6.72. The van der Waals surface area contributed by atoms with Gasteiger partial charge in [-0.1, -0.05) is 0 Å². The quantitative estimate of drug-likeness (QED) is 0.685. The van der Waals surface area contributed by atoms with Crippen molar-refractivity contribution >= 4 is 39.4 Å². The van der Waals surface area contributed by atoms with Crippen molar-refractivity contribution in [3.63, 3.8) is 0 Å². The van der Waals surface area contributed by atoms with Crippen LogP contribution < -0.4 is 5.73 Å². The number of anilines is 1. The molecule has 1 fully saturated rings. The number of aromatic nitrogens is 3. The lowest BCUT2D eigenvalue weighted by Gasteiger charge is -2.43. The molecule has 1 aliphatic carbocycles. The first kappa shape index (κ1) is 12.1. The molecule has 0 atom stereocenters. The van der Waals surface area contributed by atoms with E-state index in [1.807, 2.05) is 10.8 Å². The minimum Gasteiger partial charge on any atom is -0.393 e. The minimum absolute atomic E-state index is 0.155. The van der Waals surface area contributed by atoms with E-state index in [0.29, 0.717) is 18.7 Å². The Morgan fingerprint density at radius 1 is 1.50 bits per heavy atom. The Morgan fingerprint density at radius 2 is 2.22 bits per heavy atom. The predicted octanol–water partition coefficient (Wildman–Crippen LogP) is 0.676. The second-order valence-corrected chi connectivity index (χ2v) is 5.95. The molecule has 0 spiro atoms. The highest BCUT2D eigenvalue weighted by Gasteiger charge is 2.43. The lowest BCUT2D eigenvalue weighted by atomic mass is 9.76. The van der Waals surface area contributed by atoms with Crippen molar-refractivity contribution in [1.29, 1.82) is 0 Å². The molecule has 7 heteroatoms. The summed E-state index contributed by atoms with van der Waals surface area (Å²) in [5, 5.41) is 19.8. The van der Waals surface area contributed by atoms with E-state index in [1.165, 1.54) is 6.33 Å². The molecule has 2 aromatic heterocycles. The SMILES string of the molecule is Nc1ncnc2c1c(I)cn2C1CC(O)(CO)C1. The van der Waals surface area contributed by atoms with Gasteiger partial charge in [-0.2, -0.15) is 0 Å². The Bertz CT molecular complexity index is 606. The van der Waals surface area contributed by atoms with Crippen LogP contribution in [0.15, 0.2) is 12.5 Å². The van der Waals surface area contributed by atoms with Gasteiger partial charge in [-0.25, -0.2) is 9.97 Å². The van der Waals surface area contributed by atoms with E-state index in [9.17, 15) is 5.11 Å². The Kier molecular flexibility index (Phi) is 2.72. The summed E-state index contributed by atoms with van der Waals surface area (Å²) in [7, 11) is 0. The number of aliphatic hydroxyl groups excluding tert-OH is 1. The zero-order valence-electron chi connectivity index (χ0n) is 9.54. The Morgan fingerprint density at radius 3 is 2.89 bits per heavy atom. The number of hydrogen-bond acceptors (Lipinski definition) is 5. The molecule has 4 N–H and O–H groups in total. The van der Waals surface area contributed by atoms with E-state index < -0.39 is 5.60 Å². The van der Waals surface area contributed by atoms with Gasteiger partial charge in [-0.05, 0) is 35.4 Å². The van der Waals surface area contributed by atoms with Crippen LogP contribution in [0.4, 0.5) is 5.82 Å². The standard InChI is InChI=1S/C11H13IN4O2/c12-7-3-16(6-1-11(18,2-6)4-17)10-8(7)9(13)14-5-15-10/h3,5-6,17-18H,1-2,4H2,(H2,13,14,15). The third-order valence-electron chi connectivity index (χ3n) is 3.51. The first-order chi connectivity index (χ1) is 8.54. The van der Waals surface area contributed by atoms with Crippen molar-refractivity contribution in [2.24, 2.45) is 0 Å². The van der Waals surface area contributed by atoms with E-state index in [-0.39, 0.29) is 12.6 Å². The molecular formula is C11H13IN4O2. The monoisotopic (exact) mass is 360 g/mol. The molecule has 2 heterocycles. The predicted molar refractivity (Wildman–Crippen MR) is 75.0 cm³/mol. The Balaban J connectivity index is 2.02. The smallest absolute Gasteiger partial charge is 0.146 e. The summed E-state index contributed by atoms with van der Waals surface area (Å²) in [5.41, 5.74) is 5.70. The zero-order chi connectivity index (χ0) is 12.9. The van der Waals surface area contributed by atoms with E-state index in [2.05, 4.69) is 32.6 Å². The molecule has 1 saturated carbocycles. The maximum absolute atomic E-state index is 9.86. The van der Waals surface area contributed by atoms with Crippen LogP contribution in [-0.4, -0.2) is 37.0 Å². The molecule has 0 saturated heterocycles. The van der Waals surface area contributed by atoms with Gasteiger partial charge in [0.25, 0.3) is 0 Å². The van der Waals surface area contributed by atoms with Crippen LogP contribution in [-0.2, 0) is 0 Å². The van der Waals surface area contributed by atoms with E-state index in [1.54, 1.807) is 0 Å². The van der Waals surface area contributed by atoms with Gasteiger partial charge < -0.3 is 20.5 Å². The maximum Gasteiger partial charge on any atom is 0.146 e. The topological polar surface area (TPSA) is 97.2 Å². The van der Waals surface area contributed by atoms with Gasteiger partial charge in [0.15, 0.2) is 0 Å². The molecule has 18 heavy (non-hydrogen) atoms. The number of halogens is 1. The van der Waals surface area contributed by atoms with Gasteiger partial charge >= 0.3 is 0 Å². The highest BCUT2D eigenvalue weighted by molar-refractivity contribution is 14.1. The molecular weight excluding hydrogens is 347 g/mol. The van der Waals surface area contributed by atoms with E-state index >= 15 is 0 Å². The van der Waals surface area contributed by atoms with Crippen LogP contribution in [0.2, 0.25) is 0 Å². The summed E-state index contributed by atoms with van der Waals surface area (Å²) in [6.07, 6.45) is 4.49. The number of nitrogen functional groups attached to an aromatic ring is 1. The number of fused-ring (bicyclic) bond motifs is 1. The highest BCUT2D eigenvalue weighted by Crippen LogP contribution is 2.43. The molecule has 3 rings (SSSR count). The summed E-state index contributed by atoms with van der Waals surface area (Å²) in [4.78, 5) is 8.25. The molecule has 1 aliphatic rings. The van der Waals surface area contributed by atoms with Crippen LogP contribution in [0, 0.1) is 3.57 Å². The molecule has 2 aromatic rings. The third kappa shape index (κ3) is 1.69. The van der Waals surface area contributed by atoms with Crippen molar-refractivity contribution in [3.8, 4) is 0 Å². The normalized spacial score (nSPS) is 27.4. The van der Waals surface area contributed by atoms with Crippen LogP contribution in [0.3, 0.4) is 0 Å². The summed E-state index contributed by atoms with van der Waals surface area (Å²) >= 11 is 2.20. The van der Waals surface area contributed by atoms with Gasteiger partial charge in [-0.3, -0.25) is 0 Å². The molecule has 0 aliphatic heterocycles. The lowest BCUT2D eigenvalue weighted by Crippen LogP contribution is -2.47. The van der Waals surface area contributed by atoms with Gasteiger partial charge in [0.1, 0.15) is 17.8 Å². The minimum atomic E-state index is -0.939. The van der Waals surface area contributed by atoms with Crippen molar-refractivity contribution in [3.05, 3.63) is 16.1 Å². The number of aliphatic hydroxyl groups is 2. The van der Waals surface area contributed by atoms with Crippen LogP contribution in [0.1, 0.15) is 18.9 Å². The molecule has 0 bridgehead atoms. The van der Waals surface area contributed by atoms with Crippen molar-refractivity contribution < 1.29 is 10.2 Å².